The maximum Gasteiger partial charge on any atom is 0.325 e. The van der Waals surface area contributed by atoms with E-state index in [2.05, 4.69) is 31.4 Å². The smallest absolute Gasteiger partial charge is 0.325 e. The van der Waals surface area contributed by atoms with Crippen molar-refractivity contribution < 1.29 is 14.4 Å². The minimum absolute atomic E-state index is 0.158. The van der Waals surface area contributed by atoms with Crippen LogP contribution in [-0.2, 0) is 15.1 Å². The SMILES string of the molecule is CCC[C@@H](NC(=O)CN1C(=O)N[C@@](C)(c2ccc(C(C)C)cc2)C1=O)c1ccccc1. The van der Waals surface area contributed by atoms with E-state index < -0.39 is 17.5 Å². The van der Waals surface area contributed by atoms with Crippen LogP contribution in [0.4, 0.5) is 4.79 Å². The molecule has 1 aliphatic rings. The average Bonchev–Trinajstić information content (AvgIpc) is 2.98. The first kappa shape index (κ1) is 22.5. The first-order chi connectivity index (χ1) is 14.8. The number of nitrogens with zero attached hydrogens (tertiary/aromatic N) is 1. The number of hydrogen-bond donors (Lipinski definition) is 2. The molecule has 3 rings (SSSR count). The normalized spacial score (nSPS) is 19.5. The molecule has 0 unspecified atom stereocenters. The Balaban J connectivity index is 1.72. The Labute approximate surface area is 184 Å². The highest BCUT2D eigenvalue weighted by Gasteiger charge is 2.49. The van der Waals surface area contributed by atoms with Gasteiger partial charge >= 0.3 is 6.03 Å². The predicted molar refractivity (Wildman–Crippen MR) is 120 cm³/mol. The number of urea groups is 1. The molecular weight excluding hydrogens is 390 g/mol. The third-order valence-electron chi connectivity index (χ3n) is 5.85. The summed E-state index contributed by atoms with van der Waals surface area (Å²) < 4.78 is 0. The van der Waals surface area contributed by atoms with Gasteiger partial charge in [0, 0.05) is 0 Å². The summed E-state index contributed by atoms with van der Waals surface area (Å²) in [5, 5.41) is 5.74. The zero-order valence-electron chi connectivity index (χ0n) is 18.6. The Morgan fingerprint density at radius 2 is 1.68 bits per heavy atom. The molecule has 2 aromatic carbocycles. The number of amides is 4. The van der Waals surface area contributed by atoms with Crippen molar-refractivity contribution in [3.63, 3.8) is 0 Å². The molecule has 164 valence electrons. The molecule has 6 heteroatoms. The Kier molecular flexibility index (Phi) is 6.78. The molecule has 0 aliphatic carbocycles. The fourth-order valence-electron chi connectivity index (χ4n) is 3.92. The molecule has 1 aliphatic heterocycles. The van der Waals surface area contributed by atoms with Crippen molar-refractivity contribution in [2.75, 3.05) is 6.54 Å². The highest BCUT2D eigenvalue weighted by molar-refractivity contribution is 6.09. The second-order valence-corrected chi connectivity index (χ2v) is 8.54. The average molecular weight is 422 g/mol. The second-order valence-electron chi connectivity index (χ2n) is 8.54. The lowest BCUT2D eigenvalue weighted by molar-refractivity contribution is -0.135. The van der Waals surface area contributed by atoms with Crippen LogP contribution in [0.15, 0.2) is 54.6 Å². The van der Waals surface area contributed by atoms with Crippen LogP contribution in [0.5, 0.6) is 0 Å². The predicted octanol–water partition coefficient (Wildman–Crippen LogP) is 4.23. The molecule has 2 aromatic rings. The van der Waals surface area contributed by atoms with Gasteiger partial charge < -0.3 is 10.6 Å². The lowest BCUT2D eigenvalue weighted by Gasteiger charge is -2.23. The van der Waals surface area contributed by atoms with Gasteiger partial charge in [0.05, 0.1) is 6.04 Å². The van der Waals surface area contributed by atoms with E-state index in [1.54, 1.807) is 6.92 Å². The Morgan fingerprint density at radius 1 is 1.03 bits per heavy atom. The van der Waals surface area contributed by atoms with E-state index in [-0.39, 0.29) is 18.5 Å². The van der Waals surface area contributed by atoms with Crippen LogP contribution in [0.2, 0.25) is 0 Å². The van der Waals surface area contributed by atoms with Crippen molar-refractivity contribution in [1.29, 1.82) is 0 Å². The molecule has 0 radical (unpaired) electrons. The van der Waals surface area contributed by atoms with Gasteiger partial charge in [-0.2, -0.15) is 0 Å². The standard InChI is InChI=1S/C25H31N3O3/c1-5-9-21(19-10-7-6-8-11-19)26-22(29)16-28-23(30)25(4,27-24(28)31)20-14-12-18(13-15-20)17(2)3/h6-8,10-15,17,21H,5,9,16H2,1-4H3,(H,26,29)(H,27,31)/t21-,25+/m1/s1. The van der Waals surface area contributed by atoms with Crippen LogP contribution >= 0.6 is 0 Å². The van der Waals surface area contributed by atoms with E-state index in [1.165, 1.54) is 0 Å². The fourth-order valence-corrected chi connectivity index (χ4v) is 3.92. The molecule has 4 amide bonds. The molecule has 1 heterocycles. The van der Waals surface area contributed by atoms with Crippen molar-refractivity contribution in [2.24, 2.45) is 0 Å². The van der Waals surface area contributed by atoms with Gasteiger partial charge in [-0.15, -0.1) is 0 Å². The molecule has 2 atom stereocenters. The van der Waals surface area contributed by atoms with Crippen LogP contribution in [0, 0.1) is 0 Å². The number of carbonyl (C=O) groups is 3. The number of nitrogens with one attached hydrogen (secondary N) is 2. The van der Waals surface area contributed by atoms with Crippen molar-refractivity contribution in [1.82, 2.24) is 15.5 Å². The number of hydrogen-bond acceptors (Lipinski definition) is 3. The van der Waals surface area contributed by atoms with Gasteiger partial charge in [0.25, 0.3) is 5.91 Å². The summed E-state index contributed by atoms with van der Waals surface area (Å²) in [5.41, 5.74) is 1.68. The highest BCUT2D eigenvalue weighted by Crippen LogP contribution is 2.30. The Bertz CT molecular complexity index is 940. The Hall–Kier alpha value is -3.15. The topological polar surface area (TPSA) is 78.5 Å². The number of benzene rings is 2. The van der Waals surface area contributed by atoms with E-state index >= 15 is 0 Å². The Morgan fingerprint density at radius 3 is 2.26 bits per heavy atom. The van der Waals surface area contributed by atoms with Gasteiger partial charge in [-0.1, -0.05) is 81.8 Å². The minimum atomic E-state index is -1.19. The molecule has 0 aromatic heterocycles. The van der Waals surface area contributed by atoms with Crippen molar-refractivity contribution >= 4 is 17.8 Å². The maximum absolute atomic E-state index is 13.1. The van der Waals surface area contributed by atoms with Crippen LogP contribution < -0.4 is 10.6 Å². The molecule has 31 heavy (non-hydrogen) atoms. The van der Waals surface area contributed by atoms with Gasteiger partial charge in [0.15, 0.2) is 0 Å². The first-order valence-corrected chi connectivity index (χ1v) is 10.8. The quantitative estimate of drug-likeness (QED) is 0.626. The van der Waals surface area contributed by atoms with E-state index in [4.69, 9.17) is 0 Å². The van der Waals surface area contributed by atoms with Crippen LogP contribution in [-0.4, -0.2) is 29.3 Å². The first-order valence-electron chi connectivity index (χ1n) is 10.8. The van der Waals surface area contributed by atoms with E-state index in [0.717, 1.165) is 28.9 Å². The van der Waals surface area contributed by atoms with Crippen molar-refractivity contribution in [3.8, 4) is 0 Å². The monoisotopic (exact) mass is 421 g/mol. The van der Waals surface area contributed by atoms with Gasteiger partial charge in [0.1, 0.15) is 12.1 Å². The zero-order chi connectivity index (χ0) is 22.6. The molecule has 1 saturated heterocycles. The molecular formula is C25H31N3O3. The molecule has 6 nitrogen and oxygen atoms in total. The van der Waals surface area contributed by atoms with E-state index in [0.29, 0.717) is 11.5 Å². The summed E-state index contributed by atoms with van der Waals surface area (Å²) in [6.07, 6.45) is 1.67. The zero-order valence-corrected chi connectivity index (χ0v) is 18.6. The summed E-state index contributed by atoms with van der Waals surface area (Å²) in [6, 6.07) is 16.7. The lowest BCUT2D eigenvalue weighted by Crippen LogP contribution is -2.43. The molecule has 0 bridgehead atoms. The molecule has 0 saturated carbocycles. The minimum Gasteiger partial charge on any atom is -0.348 e. The van der Waals surface area contributed by atoms with Crippen LogP contribution in [0.1, 0.15) is 69.2 Å². The lowest BCUT2D eigenvalue weighted by atomic mass is 9.90. The van der Waals surface area contributed by atoms with Gasteiger partial charge in [-0.3, -0.25) is 14.5 Å². The summed E-state index contributed by atoms with van der Waals surface area (Å²) in [6.45, 7) is 7.62. The van der Waals surface area contributed by atoms with Gasteiger partial charge in [-0.05, 0) is 36.0 Å². The third-order valence-corrected chi connectivity index (χ3v) is 5.85. The summed E-state index contributed by atoms with van der Waals surface area (Å²) in [5.74, 6) is -0.404. The van der Waals surface area contributed by atoms with Crippen LogP contribution in [0.3, 0.4) is 0 Å². The second kappa shape index (κ2) is 9.33. The highest BCUT2D eigenvalue weighted by atomic mass is 16.2. The molecule has 2 N–H and O–H groups in total. The molecule has 0 spiro atoms. The van der Waals surface area contributed by atoms with Gasteiger partial charge in [-0.25, -0.2) is 4.79 Å². The molecule has 1 fully saturated rings. The third kappa shape index (κ3) is 4.79. The van der Waals surface area contributed by atoms with E-state index in [1.807, 2.05) is 54.6 Å². The summed E-state index contributed by atoms with van der Waals surface area (Å²) in [4.78, 5) is 39.4. The summed E-state index contributed by atoms with van der Waals surface area (Å²) >= 11 is 0. The van der Waals surface area contributed by atoms with Gasteiger partial charge in [0.2, 0.25) is 5.91 Å². The maximum atomic E-state index is 13.1. The van der Waals surface area contributed by atoms with Crippen molar-refractivity contribution in [3.05, 3.63) is 71.3 Å². The number of rotatable bonds is 8. The van der Waals surface area contributed by atoms with Crippen molar-refractivity contribution in [2.45, 2.75) is 58.0 Å². The number of carbonyl (C=O) groups excluding carboxylic acids is 3. The fraction of sp³-hybridized carbons (Fsp3) is 0.400. The van der Waals surface area contributed by atoms with Crippen LogP contribution in [0.25, 0.3) is 0 Å². The number of imide groups is 1. The summed E-state index contributed by atoms with van der Waals surface area (Å²) in [7, 11) is 0. The largest absolute Gasteiger partial charge is 0.348 e. The van der Waals surface area contributed by atoms with E-state index in [9.17, 15) is 14.4 Å².